The van der Waals surface area contributed by atoms with Crippen molar-refractivity contribution in [3.05, 3.63) is 46.1 Å². The van der Waals surface area contributed by atoms with Crippen LogP contribution in [0.4, 0.5) is 14.5 Å². The Kier molecular flexibility index (Phi) is 6.99. The molecule has 142 valence electrons. The van der Waals surface area contributed by atoms with E-state index in [9.17, 15) is 18.8 Å². The van der Waals surface area contributed by atoms with Gasteiger partial charge in [-0.1, -0.05) is 23.4 Å². The summed E-state index contributed by atoms with van der Waals surface area (Å²) < 4.78 is 28.8. The zero-order valence-corrected chi connectivity index (χ0v) is 16.3. The molecule has 0 aliphatic heterocycles. The molecule has 0 unspecified atom stereocenters. The van der Waals surface area contributed by atoms with E-state index in [1.54, 1.807) is 13.0 Å². The smallest absolute Gasteiger partial charge is 0.387 e. The highest BCUT2D eigenvalue weighted by molar-refractivity contribution is 8.00. The maximum absolute atomic E-state index is 12.4. The van der Waals surface area contributed by atoms with Crippen molar-refractivity contribution >= 4 is 35.0 Å². The van der Waals surface area contributed by atoms with E-state index in [1.165, 1.54) is 18.2 Å². The van der Waals surface area contributed by atoms with Crippen LogP contribution in [0.5, 0.6) is 5.75 Å². The standard InChI is InChI=1S/C18H16ClF2N3O2S/c1-9-6-10(2)23-17(13(9)8-22)27-11(3)16(25)24-12-4-5-15(14(19)7-12)26-18(20)21/h4-7,11,18H,1-3H3,(H,24,25)/t11-/m0/s1. The van der Waals surface area contributed by atoms with Gasteiger partial charge in [0.25, 0.3) is 0 Å². The average molecular weight is 412 g/mol. The van der Waals surface area contributed by atoms with Crippen LogP contribution in [0.1, 0.15) is 23.7 Å². The monoisotopic (exact) mass is 411 g/mol. The summed E-state index contributed by atoms with van der Waals surface area (Å²) in [5, 5.41) is 11.8. The molecule has 0 radical (unpaired) electrons. The van der Waals surface area contributed by atoms with Crippen LogP contribution >= 0.6 is 23.4 Å². The molecule has 1 aromatic heterocycles. The molecule has 0 aliphatic rings. The van der Waals surface area contributed by atoms with Crippen LogP contribution in [0.25, 0.3) is 0 Å². The Balaban J connectivity index is 2.11. The first-order valence-electron chi connectivity index (χ1n) is 7.81. The number of thioether (sulfide) groups is 1. The van der Waals surface area contributed by atoms with Gasteiger partial charge in [0.2, 0.25) is 5.91 Å². The number of nitrogens with zero attached hydrogens (tertiary/aromatic N) is 2. The van der Waals surface area contributed by atoms with Gasteiger partial charge in [-0.05, 0) is 50.6 Å². The molecule has 0 fully saturated rings. The number of amides is 1. The van der Waals surface area contributed by atoms with Gasteiger partial charge in [-0.2, -0.15) is 14.0 Å². The fourth-order valence-corrected chi connectivity index (χ4v) is 3.51. The molecule has 5 nitrogen and oxygen atoms in total. The van der Waals surface area contributed by atoms with E-state index in [0.717, 1.165) is 23.0 Å². The van der Waals surface area contributed by atoms with Crippen LogP contribution in [-0.2, 0) is 4.79 Å². The number of alkyl halides is 2. The van der Waals surface area contributed by atoms with Crippen molar-refractivity contribution in [1.82, 2.24) is 4.98 Å². The minimum Gasteiger partial charge on any atom is -0.433 e. The zero-order chi connectivity index (χ0) is 20.1. The van der Waals surface area contributed by atoms with Crippen LogP contribution in [0, 0.1) is 25.2 Å². The lowest BCUT2D eigenvalue weighted by Gasteiger charge is -2.14. The van der Waals surface area contributed by atoms with Gasteiger partial charge >= 0.3 is 6.61 Å². The number of hydrogen-bond donors (Lipinski definition) is 1. The van der Waals surface area contributed by atoms with Crippen molar-refractivity contribution in [1.29, 1.82) is 5.26 Å². The predicted octanol–water partition coefficient (Wildman–Crippen LogP) is 4.94. The summed E-state index contributed by atoms with van der Waals surface area (Å²) in [6.45, 7) is 2.32. The Hall–Kier alpha value is -2.37. The third kappa shape index (κ3) is 5.55. The van der Waals surface area contributed by atoms with E-state index in [0.29, 0.717) is 16.3 Å². The number of anilines is 1. The van der Waals surface area contributed by atoms with Crippen molar-refractivity contribution in [3.8, 4) is 11.8 Å². The molecular formula is C18H16ClF2N3O2S. The lowest BCUT2D eigenvalue weighted by Crippen LogP contribution is -2.22. The molecule has 1 atom stereocenters. The Morgan fingerprint density at radius 1 is 1.37 bits per heavy atom. The van der Waals surface area contributed by atoms with Crippen molar-refractivity contribution in [2.75, 3.05) is 5.32 Å². The first kappa shape index (κ1) is 20.9. The maximum atomic E-state index is 12.4. The summed E-state index contributed by atoms with van der Waals surface area (Å²) in [5.41, 5.74) is 2.32. The van der Waals surface area contributed by atoms with E-state index >= 15 is 0 Å². The third-order valence-corrected chi connectivity index (χ3v) is 4.88. The number of nitrogens with one attached hydrogen (secondary N) is 1. The highest BCUT2D eigenvalue weighted by atomic mass is 35.5. The number of carbonyl (C=O) groups is 1. The van der Waals surface area contributed by atoms with Crippen LogP contribution in [0.2, 0.25) is 5.02 Å². The van der Waals surface area contributed by atoms with E-state index in [4.69, 9.17) is 11.6 Å². The molecule has 0 saturated carbocycles. The molecule has 0 spiro atoms. The minimum atomic E-state index is -2.99. The Morgan fingerprint density at radius 3 is 2.67 bits per heavy atom. The van der Waals surface area contributed by atoms with Crippen molar-refractivity contribution < 1.29 is 18.3 Å². The summed E-state index contributed by atoms with van der Waals surface area (Å²) in [6, 6.07) is 7.90. The number of rotatable bonds is 6. The highest BCUT2D eigenvalue weighted by Gasteiger charge is 2.19. The molecular weight excluding hydrogens is 396 g/mol. The number of ether oxygens (including phenoxy) is 1. The largest absolute Gasteiger partial charge is 0.433 e. The quantitative estimate of drug-likeness (QED) is 0.681. The van der Waals surface area contributed by atoms with Crippen LogP contribution in [0.15, 0.2) is 29.3 Å². The zero-order valence-electron chi connectivity index (χ0n) is 14.7. The summed E-state index contributed by atoms with van der Waals surface area (Å²) >= 11 is 7.04. The fourth-order valence-electron chi connectivity index (χ4n) is 2.26. The number of aromatic nitrogens is 1. The van der Waals surface area contributed by atoms with Gasteiger partial charge in [0.15, 0.2) is 0 Å². The number of carbonyl (C=O) groups excluding carboxylic acids is 1. The van der Waals surface area contributed by atoms with Crippen molar-refractivity contribution in [2.24, 2.45) is 0 Å². The number of aryl methyl sites for hydroxylation is 2. The maximum Gasteiger partial charge on any atom is 0.387 e. The molecule has 2 rings (SSSR count). The van der Waals surface area contributed by atoms with E-state index in [2.05, 4.69) is 21.1 Å². The Bertz CT molecular complexity index is 903. The minimum absolute atomic E-state index is 0.0452. The van der Waals surface area contributed by atoms with Gasteiger partial charge < -0.3 is 10.1 Å². The molecule has 0 aliphatic carbocycles. The number of nitriles is 1. The summed E-state index contributed by atoms with van der Waals surface area (Å²) in [7, 11) is 0. The van der Waals surface area contributed by atoms with Gasteiger partial charge in [-0.3, -0.25) is 4.79 Å². The number of pyridine rings is 1. The Labute approximate surface area is 164 Å². The van der Waals surface area contributed by atoms with Crippen molar-refractivity contribution in [2.45, 2.75) is 37.7 Å². The lowest BCUT2D eigenvalue weighted by molar-refractivity contribution is -0.115. The normalized spacial score (nSPS) is 11.8. The number of halogens is 3. The molecule has 1 amide bonds. The second-order valence-corrected chi connectivity index (χ2v) is 7.38. The molecule has 0 saturated heterocycles. The van der Waals surface area contributed by atoms with E-state index < -0.39 is 11.9 Å². The fraction of sp³-hybridized carbons (Fsp3) is 0.278. The van der Waals surface area contributed by atoms with Gasteiger partial charge in [0.05, 0.1) is 15.8 Å². The summed E-state index contributed by atoms with van der Waals surface area (Å²) in [6.07, 6.45) is 0. The Morgan fingerprint density at radius 2 is 2.07 bits per heavy atom. The van der Waals surface area contributed by atoms with Crippen LogP contribution in [0.3, 0.4) is 0 Å². The molecule has 1 heterocycles. The highest BCUT2D eigenvalue weighted by Crippen LogP contribution is 2.31. The predicted molar refractivity (Wildman–Crippen MR) is 100 cm³/mol. The van der Waals surface area contributed by atoms with Gasteiger partial charge in [0.1, 0.15) is 16.8 Å². The molecule has 0 bridgehead atoms. The van der Waals surface area contributed by atoms with Gasteiger partial charge in [-0.15, -0.1) is 0 Å². The molecule has 1 N–H and O–H groups in total. The molecule has 2 aromatic rings. The number of benzene rings is 1. The third-order valence-electron chi connectivity index (χ3n) is 3.50. The topological polar surface area (TPSA) is 75.0 Å². The molecule has 9 heteroatoms. The first-order chi connectivity index (χ1) is 12.7. The lowest BCUT2D eigenvalue weighted by atomic mass is 10.1. The molecule has 1 aromatic carbocycles. The SMILES string of the molecule is Cc1cc(C)c(C#N)c(S[C@@H](C)C(=O)Nc2ccc(OC(F)F)c(Cl)c2)n1. The second kappa shape index (κ2) is 9.02. The summed E-state index contributed by atoms with van der Waals surface area (Å²) in [5.74, 6) is -0.520. The number of hydrogen-bond acceptors (Lipinski definition) is 5. The first-order valence-corrected chi connectivity index (χ1v) is 9.07. The average Bonchev–Trinajstić information content (AvgIpc) is 2.56. The van der Waals surface area contributed by atoms with Crippen molar-refractivity contribution in [3.63, 3.8) is 0 Å². The second-order valence-electron chi connectivity index (χ2n) is 5.65. The van der Waals surface area contributed by atoms with E-state index in [-0.39, 0.29) is 16.7 Å². The van der Waals surface area contributed by atoms with Gasteiger partial charge in [-0.25, -0.2) is 4.98 Å². The van der Waals surface area contributed by atoms with Crippen LogP contribution in [-0.4, -0.2) is 22.8 Å². The summed E-state index contributed by atoms with van der Waals surface area (Å²) in [4.78, 5) is 16.8. The van der Waals surface area contributed by atoms with Crippen LogP contribution < -0.4 is 10.1 Å². The van der Waals surface area contributed by atoms with Gasteiger partial charge in [0, 0.05) is 11.4 Å². The van der Waals surface area contributed by atoms with E-state index in [1.807, 2.05) is 13.8 Å². The molecule has 27 heavy (non-hydrogen) atoms.